The van der Waals surface area contributed by atoms with E-state index in [1.165, 1.54) is 0 Å². The zero-order valence-corrected chi connectivity index (χ0v) is 10.6. The van der Waals surface area contributed by atoms with Crippen LogP contribution in [0.25, 0.3) is 0 Å². The summed E-state index contributed by atoms with van der Waals surface area (Å²) in [5.41, 5.74) is 4.89. The van der Waals surface area contributed by atoms with E-state index in [2.05, 4.69) is 22.4 Å². The van der Waals surface area contributed by atoms with E-state index in [9.17, 15) is 0 Å². The monoisotopic (exact) mass is 237 g/mol. The Morgan fingerprint density at radius 1 is 1.22 bits per heavy atom. The summed E-state index contributed by atoms with van der Waals surface area (Å²) in [6.45, 7) is 4.65. The van der Waals surface area contributed by atoms with Gasteiger partial charge in [-0.05, 0) is 49.2 Å². The number of hydrogen-bond donors (Lipinski definition) is 1. The van der Waals surface area contributed by atoms with Gasteiger partial charge in [-0.1, -0.05) is 6.07 Å². The second kappa shape index (κ2) is 5.33. The lowest BCUT2D eigenvalue weighted by Crippen LogP contribution is -2.00. The fourth-order valence-electron chi connectivity index (χ4n) is 1.71. The highest BCUT2D eigenvalue weighted by molar-refractivity contribution is 5.51. The number of benzene rings is 1. The van der Waals surface area contributed by atoms with Crippen molar-refractivity contribution in [3.63, 3.8) is 0 Å². The predicted octanol–water partition coefficient (Wildman–Crippen LogP) is 3.18. The molecule has 0 radical (unpaired) electrons. The average Bonchev–Trinajstić information content (AvgIpc) is 2.38. The maximum absolute atomic E-state index is 8.86. The molecule has 3 nitrogen and oxygen atoms in total. The van der Waals surface area contributed by atoms with Crippen LogP contribution < -0.4 is 5.32 Å². The zero-order chi connectivity index (χ0) is 13.0. The van der Waals surface area contributed by atoms with Crippen LogP contribution in [0.5, 0.6) is 0 Å². The molecule has 0 aliphatic heterocycles. The fraction of sp³-hybridized carbons (Fsp3) is 0.200. The van der Waals surface area contributed by atoms with Crippen molar-refractivity contribution in [2.75, 3.05) is 5.32 Å². The molecule has 0 bridgehead atoms. The highest BCUT2D eigenvalue weighted by atomic mass is 14.9. The zero-order valence-electron chi connectivity index (χ0n) is 10.6. The van der Waals surface area contributed by atoms with Gasteiger partial charge in [-0.25, -0.2) is 0 Å². The van der Waals surface area contributed by atoms with E-state index in [0.717, 1.165) is 34.6 Å². The fourth-order valence-corrected chi connectivity index (χ4v) is 1.71. The third-order valence-electron chi connectivity index (χ3n) is 2.82. The Morgan fingerprint density at radius 2 is 2.06 bits per heavy atom. The summed E-state index contributed by atoms with van der Waals surface area (Å²) in [5.74, 6) is 0. The van der Waals surface area contributed by atoms with Crippen molar-refractivity contribution in [1.29, 1.82) is 5.26 Å². The van der Waals surface area contributed by atoms with Gasteiger partial charge in [-0.3, -0.25) is 4.98 Å². The topological polar surface area (TPSA) is 48.7 Å². The van der Waals surface area contributed by atoms with Crippen LogP contribution in [0.3, 0.4) is 0 Å². The van der Waals surface area contributed by atoms with Crippen molar-refractivity contribution >= 4 is 5.69 Å². The summed E-state index contributed by atoms with van der Waals surface area (Å²) < 4.78 is 0. The molecule has 3 heteroatoms. The molecule has 1 heterocycles. The van der Waals surface area contributed by atoms with Crippen LogP contribution in [0.4, 0.5) is 5.69 Å². The van der Waals surface area contributed by atoms with Crippen LogP contribution >= 0.6 is 0 Å². The minimum Gasteiger partial charge on any atom is -0.381 e. The smallest absolute Gasteiger partial charge is 0.0994 e. The standard InChI is InChI=1S/C15H15N3/c1-11-7-15(6-5-14(11)8-16)18-10-13-4-3-12(2)17-9-13/h3-7,9,18H,10H2,1-2H3. The SMILES string of the molecule is Cc1ccc(CNc2ccc(C#N)c(C)c2)cn1. The molecule has 0 saturated heterocycles. The number of pyridine rings is 1. The van der Waals surface area contributed by atoms with Gasteiger partial charge in [-0.2, -0.15) is 5.26 Å². The Kier molecular flexibility index (Phi) is 3.59. The average molecular weight is 237 g/mol. The molecule has 0 atom stereocenters. The number of rotatable bonds is 3. The Bertz CT molecular complexity index is 580. The molecule has 0 aliphatic rings. The first-order valence-electron chi connectivity index (χ1n) is 5.85. The molecule has 90 valence electrons. The second-order valence-electron chi connectivity index (χ2n) is 4.30. The normalized spacial score (nSPS) is 9.83. The number of aromatic nitrogens is 1. The van der Waals surface area contributed by atoms with E-state index in [0.29, 0.717) is 0 Å². The number of nitrogens with one attached hydrogen (secondary N) is 1. The van der Waals surface area contributed by atoms with Crippen LogP contribution in [0.2, 0.25) is 0 Å². The van der Waals surface area contributed by atoms with Gasteiger partial charge in [0, 0.05) is 24.1 Å². The van der Waals surface area contributed by atoms with Crippen LogP contribution in [-0.2, 0) is 6.54 Å². The van der Waals surface area contributed by atoms with Gasteiger partial charge in [0.25, 0.3) is 0 Å². The lowest BCUT2D eigenvalue weighted by Gasteiger charge is -2.08. The van der Waals surface area contributed by atoms with Gasteiger partial charge in [0.1, 0.15) is 0 Å². The Hall–Kier alpha value is -2.34. The molecule has 1 N–H and O–H groups in total. The van der Waals surface area contributed by atoms with Gasteiger partial charge in [0.15, 0.2) is 0 Å². The summed E-state index contributed by atoms with van der Waals surface area (Å²) in [7, 11) is 0. The molecule has 0 unspecified atom stereocenters. The van der Waals surface area contributed by atoms with Gasteiger partial charge < -0.3 is 5.32 Å². The second-order valence-corrected chi connectivity index (χ2v) is 4.30. The van der Waals surface area contributed by atoms with E-state index in [4.69, 9.17) is 5.26 Å². The first-order chi connectivity index (χ1) is 8.69. The van der Waals surface area contributed by atoms with Crippen molar-refractivity contribution < 1.29 is 0 Å². The van der Waals surface area contributed by atoms with E-state index in [1.807, 2.05) is 44.3 Å². The van der Waals surface area contributed by atoms with E-state index in [1.54, 1.807) is 0 Å². The summed E-state index contributed by atoms with van der Waals surface area (Å²) in [4.78, 5) is 4.25. The molecule has 0 spiro atoms. The maximum Gasteiger partial charge on any atom is 0.0994 e. The number of anilines is 1. The van der Waals surface area contributed by atoms with Gasteiger partial charge >= 0.3 is 0 Å². The third kappa shape index (κ3) is 2.86. The quantitative estimate of drug-likeness (QED) is 0.891. The highest BCUT2D eigenvalue weighted by Crippen LogP contribution is 2.15. The molecule has 0 saturated carbocycles. The van der Waals surface area contributed by atoms with Gasteiger partial charge in [-0.15, -0.1) is 0 Å². The van der Waals surface area contributed by atoms with Crippen molar-refractivity contribution in [2.24, 2.45) is 0 Å². The minimum absolute atomic E-state index is 0.720. The van der Waals surface area contributed by atoms with Crippen molar-refractivity contribution in [3.05, 3.63) is 58.9 Å². The van der Waals surface area contributed by atoms with Gasteiger partial charge in [0.2, 0.25) is 0 Å². The Balaban J connectivity index is 2.04. The maximum atomic E-state index is 8.86. The van der Waals surface area contributed by atoms with E-state index < -0.39 is 0 Å². The van der Waals surface area contributed by atoms with Crippen LogP contribution in [0.15, 0.2) is 36.5 Å². The lowest BCUT2D eigenvalue weighted by molar-refractivity contribution is 1.08. The van der Waals surface area contributed by atoms with Gasteiger partial charge in [0.05, 0.1) is 11.6 Å². The van der Waals surface area contributed by atoms with Crippen molar-refractivity contribution in [1.82, 2.24) is 4.98 Å². The molecule has 2 rings (SSSR count). The molecule has 0 aliphatic carbocycles. The number of nitriles is 1. The molecule has 1 aromatic heterocycles. The first-order valence-corrected chi connectivity index (χ1v) is 5.85. The molecule has 18 heavy (non-hydrogen) atoms. The first kappa shape index (κ1) is 12.1. The van der Waals surface area contributed by atoms with Crippen molar-refractivity contribution in [2.45, 2.75) is 20.4 Å². The minimum atomic E-state index is 0.720. The van der Waals surface area contributed by atoms with Crippen LogP contribution in [0.1, 0.15) is 22.4 Å². The Labute approximate surface area is 107 Å². The number of hydrogen-bond acceptors (Lipinski definition) is 3. The molecule has 1 aromatic carbocycles. The third-order valence-corrected chi connectivity index (χ3v) is 2.82. The predicted molar refractivity (Wildman–Crippen MR) is 72.2 cm³/mol. The van der Waals surface area contributed by atoms with Crippen LogP contribution in [0, 0.1) is 25.2 Å². The number of aryl methyl sites for hydroxylation is 2. The number of nitrogens with zero attached hydrogens (tertiary/aromatic N) is 2. The highest BCUT2D eigenvalue weighted by Gasteiger charge is 1.99. The lowest BCUT2D eigenvalue weighted by atomic mass is 10.1. The molecule has 0 amide bonds. The van der Waals surface area contributed by atoms with E-state index in [-0.39, 0.29) is 0 Å². The van der Waals surface area contributed by atoms with Crippen LogP contribution in [-0.4, -0.2) is 4.98 Å². The Morgan fingerprint density at radius 3 is 2.67 bits per heavy atom. The van der Waals surface area contributed by atoms with Crippen molar-refractivity contribution in [3.8, 4) is 6.07 Å². The summed E-state index contributed by atoms with van der Waals surface area (Å²) >= 11 is 0. The van der Waals surface area contributed by atoms with E-state index >= 15 is 0 Å². The summed E-state index contributed by atoms with van der Waals surface area (Å²) in [5, 5.41) is 12.2. The summed E-state index contributed by atoms with van der Waals surface area (Å²) in [6.07, 6.45) is 1.87. The summed E-state index contributed by atoms with van der Waals surface area (Å²) in [6, 6.07) is 12.0. The molecule has 2 aromatic rings. The molecular formula is C15H15N3. The largest absolute Gasteiger partial charge is 0.381 e. The molecular weight excluding hydrogens is 222 g/mol. The molecule has 0 fully saturated rings.